The predicted molar refractivity (Wildman–Crippen MR) is 127 cm³/mol. The van der Waals surface area contributed by atoms with E-state index in [4.69, 9.17) is 5.10 Å². The van der Waals surface area contributed by atoms with Crippen LogP contribution >= 0.6 is 11.3 Å². The molecular formula is C25H28N4O2S. The number of thiophene rings is 1. The highest BCUT2D eigenvalue weighted by Crippen LogP contribution is 2.37. The van der Waals surface area contributed by atoms with E-state index in [0.29, 0.717) is 12.2 Å². The van der Waals surface area contributed by atoms with E-state index in [9.17, 15) is 9.59 Å². The van der Waals surface area contributed by atoms with Crippen molar-refractivity contribution >= 4 is 28.8 Å². The van der Waals surface area contributed by atoms with E-state index in [-0.39, 0.29) is 17.9 Å². The summed E-state index contributed by atoms with van der Waals surface area (Å²) in [5, 5.41) is 9.96. The summed E-state index contributed by atoms with van der Waals surface area (Å²) in [5.41, 5.74) is 2.07. The van der Waals surface area contributed by atoms with Gasteiger partial charge in [0.15, 0.2) is 0 Å². The molecule has 0 unspecified atom stereocenters. The quantitative estimate of drug-likeness (QED) is 0.618. The second-order valence-electron chi connectivity index (χ2n) is 8.90. The fourth-order valence-electron chi connectivity index (χ4n) is 4.94. The Kier molecular flexibility index (Phi) is 5.37. The van der Waals surface area contributed by atoms with E-state index in [1.807, 2.05) is 54.8 Å². The first-order valence-electron chi connectivity index (χ1n) is 11.4. The number of aromatic nitrogens is 2. The molecule has 1 aliphatic heterocycles. The van der Waals surface area contributed by atoms with Crippen molar-refractivity contribution in [3.05, 3.63) is 59.1 Å². The average molecular weight is 449 g/mol. The first-order chi connectivity index (χ1) is 15.5. The van der Waals surface area contributed by atoms with Gasteiger partial charge in [-0.05, 0) is 55.3 Å². The summed E-state index contributed by atoms with van der Waals surface area (Å²) >= 11 is 1.59. The minimum Gasteiger partial charge on any atom is -0.351 e. The van der Waals surface area contributed by atoms with Gasteiger partial charge in [-0.15, -0.1) is 11.3 Å². The normalized spacial score (nSPS) is 21.1. The number of fused-ring (bicyclic) bond motifs is 1. The summed E-state index contributed by atoms with van der Waals surface area (Å²) in [6.07, 6.45) is 5.04. The summed E-state index contributed by atoms with van der Waals surface area (Å²) < 4.78 is 1.72. The van der Waals surface area contributed by atoms with Crippen molar-refractivity contribution < 1.29 is 9.59 Å². The minimum atomic E-state index is -1.07. The highest BCUT2D eigenvalue weighted by molar-refractivity contribution is 7.13. The maximum atomic E-state index is 13.9. The van der Waals surface area contributed by atoms with E-state index in [1.54, 1.807) is 20.9 Å². The number of para-hydroxylation sites is 1. The lowest BCUT2D eigenvalue weighted by Crippen LogP contribution is -2.65. The number of amides is 2. The first kappa shape index (κ1) is 20.9. The van der Waals surface area contributed by atoms with E-state index in [0.717, 1.165) is 53.9 Å². The molecule has 2 aromatic heterocycles. The predicted octanol–water partition coefficient (Wildman–Crippen LogP) is 4.65. The van der Waals surface area contributed by atoms with Gasteiger partial charge in [0, 0.05) is 11.7 Å². The van der Waals surface area contributed by atoms with Crippen molar-refractivity contribution in [1.82, 2.24) is 15.1 Å². The van der Waals surface area contributed by atoms with Crippen LogP contribution in [0.2, 0.25) is 0 Å². The Hall–Kier alpha value is -2.93. The first-order valence-corrected chi connectivity index (χ1v) is 12.2. The zero-order valence-electron chi connectivity index (χ0n) is 18.5. The number of aryl methyl sites for hydroxylation is 1. The Morgan fingerprint density at radius 1 is 1.22 bits per heavy atom. The maximum absolute atomic E-state index is 13.9. The number of hydrogen-bond acceptors (Lipinski definition) is 4. The van der Waals surface area contributed by atoms with Gasteiger partial charge in [0.1, 0.15) is 16.9 Å². The maximum Gasteiger partial charge on any atom is 0.277 e. The second kappa shape index (κ2) is 8.20. The highest BCUT2D eigenvalue weighted by Gasteiger charge is 2.49. The molecule has 0 radical (unpaired) electrons. The third-order valence-corrected chi connectivity index (χ3v) is 7.61. The fourth-order valence-corrected chi connectivity index (χ4v) is 5.62. The Morgan fingerprint density at radius 3 is 2.72 bits per heavy atom. The van der Waals surface area contributed by atoms with Crippen LogP contribution < -0.4 is 10.2 Å². The SMILES string of the molecule is CCc1ccccc1N1C(=O)c2cc(-c3cccs3)nn2C[C@]1(C)C(=O)NC1CCCC1. The Balaban J connectivity index is 1.61. The van der Waals surface area contributed by atoms with Gasteiger partial charge in [0.25, 0.3) is 5.91 Å². The molecule has 0 spiro atoms. The number of nitrogens with one attached hydrogen (secondary N) is 1. The molecule has 6 nitrogen and oxygen atoms in total. The van der Waals surface area contributed by atoms with Crippen molar-refractivity contribution in [2.45, 2.75) is 64.1 Å². The second-order valence-corrected chi connectivity index (χ2v) is 9.85. The molecular weight excluding hydrogens is 420 g/mol. The number of nitrogens with zero attached hydrogens (tertiary/aromatic N) is 3. The molecule has 3 heterocycles. The van der Waals surface area contributed by atoms with Gasteiger partial charge in [0.2, 0.25) is 5.91 Å². The van der Waals surface area contributed by atoms with Gasteiger partial charge in [-0.1, -0.05) is 44.0 Å². The van der Waals surface area contributed by atoms with Crippen LogP contribution in [-0.2, 0) is 17.8 Å². The molecule has 166 valence electrons. The van der Waals surface area contributed by atoms with Crippen LogP contribution in [0.15, 0.2) is 47.8 Å². The highest BCUT2D eigenvalue weighted by atomic mass is 32.1. The fraction of sp³-hybridized carbons (Fsp3) is 0.400. The zero-order chi connectivity index (χ0) is 22.3. The van der Waals surface area contributed by atoms with Gasteiger partial charge in [-0.25, -0.2) is 0 Å². The van der Waals surface area contributed by atoms with Crippen LogP contribution in [0.25, 0.3) is 10.6 Å². The Bertz CT molecular complexity index is 1150. The lowest BCUT2D eigenvalue weighted by atomic mass is 9.92. The average Bonchev–Trinajstić information content (AvgIpc) is 3.55. The summed E-state index contributed by atoms with van der Waals surface area (Å²) in [6.45, 7) is 4.26. The van der Waals surface area contributed by atoms with Crippen molar-refractivity contribution in [2.24, 2.45) is 0 Å². The molecule has 0 saturated heterocycles. The van der Waals surface area contributed by atoms with Crippen molar-refractivity contribution in [1.29, 1.82) is 0 Å². The molecule has 1 saturated carbocycles. The topological polar surface area (TPSA) is 67.2 Å². The van der Waals surface area contributed by atoms with Crippen LogP contribution in [0.4, 0.5) is 5.69 Å². The summed E-state index contributed by atoms with van der Waals surface area (Å²) in [6, 6.07) is 13.9. The summed E-state index contributed by atoms with van der Waals surface area (Å²) in [5.74, 6) is -0.293. The molecule has 1 N–H and O–H groups in total. The van der Waals surface area contributed by atoms with Crippen molar-refractivity contribution in [2.75, 3.05) is 4.90 Å². The van der Waals surface area contributed by atoms with E-state index >= 15 is 0 Å². The number of carbonyl (C=O) groups is 2. The minimum absolute atomic E-state index is 0.109. The summed E-state index contributed by atoms with van der Waals surface area (Å²) in [7, 11) is 0. The van der Waals surface area contributed by atoms with Gasteiger partial charge < -0.3 is 5.32 Å². The molecule has 1 atom stereocenters. The molecule has 1 fully saturated rings. The summed E-state index contributed by atoms with van der Waals surface area (Å²) in [4.78, 5) is 30.3. The molecule has 1 aliphatic carbocycles. The third-order valence-electron chi connectivity index (χ3n) is 6.72. The molecule has 2 amide bonds. The van der Waals surface area contributed by atoms with Crippen molar-refractivity contribution in [3.63, 3.8) is 0 Å². The standard InChI is InChI=1S/C25H28N4O2S/c1-3-17-9-4-7-12-20(17)29-23(30)21-15-19(22-13-8-14-32-22)27-28(21)16-25(29,2)24(31)26-18-10-5-6-11-18/h4,7-9,12-15,18H,3,5-6,10-11,16H2,1-2H3,(H,26,31)/t25-/m1/s1. The van der Waals surface area contributed by atoms with Crippen LogP contribution in [-0.4, -0.2) is 33.2 Å². The Morgan fingerprint density at radius 2 is 2.00 bits per heavy atom. The Labute approximate surface area is 192 Å². The van der Waals surface area contributed by atoms with E-state index < -0.39 is 5.54 Å². The lowest BCUT2D eigenvalue weighted by molar-refractivity contribution is -0.127. The van der Waals surface area contributed by atoms with Crippen LogP contribution in [0.1, 0.15) is 55.6 Å². The van der Waals surface area contributed by atoms with Crippen LogP contribution in [0.3, 0.4) is 0 Å². The molecule has 3 aromatic rings. The number of carbonyl (C=O) groups excluding carboxylic acids is 2. The number of rotatable bonds is 5. The molecule has 0 bridgehead atoms. The van der Waals surface area contributed by atoms with Crippen LogP contribution in [0.5, 0.6) is 0 Å². The monoisotopic (exact) mass is 448 g/mol. The molecule has 7 heteroatoms. The van der Waals surface area contributed by atoms with E-state index in [2.05, 4.69) is 12.2 Å². The molecule has 5 rings (SSSR count). The van der Waals surface area contributed by atoms with Crippen LogP contribution in [0, 0.1) is 0 Å². The van der Waals surface area contributed by atoms with Gasteiger partial charge in [-0.3, -0.25) is 19.2 Å². The van der Waals surface area contributed by atoms with E-state index in [1.165, 1.54) is 0 Å². The van der Waals surface area contributed by atoms with Gasteiger partial charge in [-0.2, -0.15) is 5.10 Å². The molecule has 1 aromatic carbocycles. The largest absolute Gasteiger partial charge is 0.351 e. The van der Waals surface area contributed by atoms with Crippen molar-refractivity contribution in [3.8, 4) is 10.6 Å². The van der Waals surface area contributed by atoms with Gasteiger partial charge in [0.05, 0.1) is 11.4 Å². The zero-order valence-corrected chi connectivity index (χ0v) is 19.3. The number of anilines is 1. The lowest BCUT2D eigenvalue weighted by Gasteiger charge is -2.44. The number of hydrogen-bond donors (Lipinski definition) is 1. The molecule has 32 heavy (non-hydrogen) atoms. The third kappa shape index (κ3) is 3.45. The smallest absolute Gasteiger partial charge is 0.277 e. The number of benzene rings is 1. The van der Waals surface area contributed by atoms with Gasteiger partial charge >= 0.3 is 0 Å². The molecule has 2 aliphatic rings.